The summed E-state index contributed by atoms with van der Waals surface area (Å²) in [5, 5.41) is 12.7. The smallest absolute Gasteiger partial charge is 0.159 e. The van der Waals surface area contributed by atoms with Gasteiger partial charge < -0.3 is 15.2 Å². The molecule has 96 valence electrons. The van der Waals surface area contributed by atoms with Crippen LogP contribution < -0.4 is 5.32 Å². The molecular formula is C12H17F2NO2. The van der Waals surface area contributed by atoms with E-state index in [4.69, 9.17) is 4.74 Å². The molecule has 1 atom stereocenters. The van der Waals surface area contributed by atoms with Crippen molar-refractivity contribution >= 4 is 0 Å². The fourth-order valence-electron chi connectivity index (χ4n) is 1.36. The third kappa shape index (κ3) is 4.77. The van der Waals surface area contributed by atoms with Gasteiger partial charge in [-0.1, -0.05) is 6.07 Å². The highest BCUT2D eigenvalue weighted by molar-refractivity contribution is 5.20. The van der Waals surface area contributed by atoms with Crippen LogP contribution in [0.5, 0.6) is 0 Å². The Balaban J connectivity index is 2.36. The topological polar surface area (TPSA) is 41.5 Å². The van der Waals surface area contributed by atoms with Crippen molar-refractivity contribution in [1.29, 1.82) is 0 Å². The minimum Gasteiger partial charge on any atom is -0.387 e. The summed E-state index contributed by atoms with van der Waals surface area (Å²) in [5.41, 5.74) is 0.354. The van der Waals surface area contributed by atoms with E-state index in [9.17, 15) is 13.9 Å². The fourth-order valence-corrected chi connectivity index (χ4v) is 1.36. The van der Waals surface area contributed by atoms with Crippen LogP contribution >= 0.6 is 0 Å². The van der Waals surface area contributed by atoms with E-state index in [1.807, 2.05) is 6.92 Å². The summed E-state index contributed by atoms with van der Waals surface area (Å²) < 4.78 is 30.7. The molecule has 1 rings (SSSR count). The standard InChI is InChI=1S/C12H17F2NO2/c1-2-17-6-5-15-8-12(16)9-3-4-10(13)11(14)7-9/h3-4,7,12,15-16H,2,5-6,8H2,1H3. The second kappa shape index (κ2) is 7.32. The largest absolute Gasteiger partial charge is 0.387 e. The molecule has 1 aromatic rings. The van der Waals surface area contributed by atoms with Crippen molar-refractivity contribution in [1.82, 2.24) is 5.32 Å². The summed E-state index contributed by atoms with van der Waals surface area (Å²) in [6.45, 7) is 3.98. The van der Waals surface area contributed by atoms with Gasteiger partial charge in [-0.25, -0.2) is 8.78 Å². The first-order valence-electron chi connectivity index (χ1n) is 5.56. The van der Waals surface area contributed by atoms with Gasteiger partial charge in [0.15, 0.2) is 11.6 Å². The van der Waals surface area contributed by atoms with Crippen molar-refractivity contribution in [3.63, 3.8) is 0 Å². The molecule has 3 nitrogen and oxygen atoms in total. The van der Waals surface area contributed by atoms with Crippen LogP contribution in [0.2, 0.25) is 0 Å². The van der Waals surface area contributed by atoms with E-state index in [1.54, 1.807) is 0 Å². The van der Waals surface area contributed by atoms with Gasteiger partial charge in [0.05, 0.1) is 12.7 Å². The van der Waals surface area contributed by atoms with Crippen molar-refractivity contribution in [2.24, 2.45) is 0 Å². The molecule has 0 fully saturated rings. The Hall–Kier alpha value is -1.04. The zero-order valence-electron chi connectivity index (χ0n) is 9.75. The molecule has 0 aliphatic heterocycles. The second-order valence-electron chi connectivity index (χ2n) is 3.59. The lowest BCUT2D eigenvalue weighted by atomic mass is 10.1. The Labute approximate surface area is 99.4 Å². The predicted octanol–water partition coefficient (Wildman–Crippen LogP) is 1.62. The van der Waals surface area contributed by atoms with Gasteiger partial charge in [-0.2, -0.15) is 0 Å². The number of hydrogen-bond donors (Lipinski definition) is 2. The number of benzene rings is 1. The van der Waals surface area contributed by atoms with Crippen LogP contribution in [0.3, 0.4) is 0 Å². The molecule has 0 radical (unpaired) electrons. The van der Waals surface area contributed by atoms with E-state index < -0.39 is 17.7 Å². The SMILES string of the molecule is CCOCCNCC(O)c1ccc(F)c(F)c1. The lowest BCUT2D eigenvalue weighted by Gasteiger charge is -2.12. The molecule has 0 saturated carbocycles. The summed E-state index contributed by atoms with van der Waals surface area (Å²) in [6.07, 6.45) is -0.855. The average Bonchev–Trinajstić information content (AvgIpc) is 2.32. The Morgan fingerprint density at radius 3 is 2.76 bits per heavy atom. The highest BCUT2D eigenvalue weighted by Crippen LogP contribution is 2.15. The third-order valence-corrected chi connectivity index (χ3v) is 2.29. The van der Waals surface area contributed by atoms with Gasteiger partial charge in [0.1, 0.15) is 0 Å². The van der Waals surface area contributed by atoms with Gasteiger partial charge in [0.25, 0.3) is 0 Å². The van der Waals surface area contributed by atoms with Gasteiger partial charge in [-0.05, 0) is 24.6 Å². The number of aliphatic hydroxyl groups excluding tert-OH is 1. The summed E-state index contributed by atoms with van der Waals surface area (Å²) in [6, 6.07) is 3.38. The molecule has 0 aliphatic rings. The van der Waals surface area contributed by atoms with Crippen LogP contribution in [0, 0.1) is 11.6 Å². The van der Waals surface area contributed by atoms with E-state index >= 15 is 0 Å². The Bertz CT molecular complexity index is 347. The Morgan fingerprint density at radius 1 is 1.35 bits per heavy atom. The maximum absolute atomic E-state index is 12.9. The van der Waals surface area contributed by atoms with E-state index in [2.05, 4.69) is 5.32 Å². The molecular weight excluding hydrogens is 228 g/mol. The lowest BCUT2D eigenvalue weighted by Crippen LogP contribution is -2.25. The van der Waals surface area contributed by atoms with Crippen LogP contribution in [0.15, 0.2) is 18.2 Å². The highest BCUT2D eigenvalue weighted by atomic mass is 19.2. The van der Waals surface area contributed by atoms with Gasteiger partial charge in [0, 0.05) is 19.7 Å². The van der Waals surface area contributed by atoms with Gasteiger partial charge in [0.2, 0.25) is 0 Å². The van der Waals surface area contributed by atoms with E-state index in [-0.39, 0.29) is 6.54 Å². The summed E-state index contributed by atoms with van der Waals surface area (Å²) in [5.74, 6) is -1.86. The van der Waals surface area contributed by atoms with Crippen molar-refractivity contribution in [2.75, 3.05) is 26.3 Å². The quantitative estimate of drug-likeness (QED) is 0.717. The molecule has 0 saturated heterocycles. The molecule has 5 heteroatoms. The first kappa shape index (κ1) is 14.0. The van der Waals surface area contributed by atoms with Crippen LogP contribution in [0.25, 0.3) is 0 Å². The highest BCUT2D eigenvalue weighted by Gasteiger charge is 2.10. The Morgan fingerprint density at radius 2 is 2.12 bits per heavy atom. The van der Waals surface area contributed by atoms with Gasteiger partial charge in [-0.15, -0.1) is 0 Å². The predicted molar refractivity (Wildman–Crippen MR) is 60.7 cm³/mol. The minimum absolute atomic E-state index is 0.276. The van der Waals surface area contributed by atoms with Crippen LogP contribution in [0.4, 0.5) is 8.78 Å². The van der Waals surface area contributed by atoms with Gasteiger partial charge >= 0.3 is 0 Å². The van der Waals surface area contributed by atoms with Crippen LogP contribution in [0.1, 0.15) is 18.6 Å². The second-order valence-corrected chi connectivity index (χ2v) is 3.59. The maximum atomic E-state index is 12.9. The summed E-state index contributed by atoms with van der Waals surface area (Å²) >= 11 is 0. The fraction of sp³-hybridized carbons (Fsp3) is 0.500. The normalized spacial score (nSPS) is 12.7. The lowest BCUT2D eigenvalue weighted by molar-refractivity contribution is 0.137. The monoisotopic (exact) mass is 245 g/mol. The zero-order chi connectivity index (χ0) is 12.7. The molecule has 2 N–H and O–H groups in total. The number of rotatable bonds is 7. The molecule has 0 heterocycles. The number of ether oxygens (including phenoxy) is 1. The van der Waals surface area contributed by atoms with Crippen molar-refractivity contribution in [3.05, 3.63) is 35.4 Å². The van der Waals surface area contributed by atoms with Crippen LogP contribution in [-0.2, 0) is 4.74 Å². The first-order chi connectivity index (χ1) is 8.15. The number of aliphatic hydroxyl groups is 1. The molecule has 0 aromatic heterocycles. The molecule has 1 aromatic carbocycles. The third-order valence-electron chi connectivity index (χ3n) is 2.29. The van der Waals surface area contributed by atoms with Crippen LogP contribution in [-0.4, -0.2) is 31.4 Å². The van der Waals surface area contributed by atoms with E-state index in [0.29, 0.717) is 25.3 Å². The minimum atomic E-state index is -0.948. The molecule has 0 aliphatic carbocycles. The van der Waals surface area contributed by atoms with E-state index in [0.717, 1.165) is 12.1 Å². The molecule has 0 bridgehead atoms. The van der Waals surface area contributed by atoms with Crippen molar-refractivity contribution in [3.8, 4) is 0 Å². The van der Waals surface area contributed by atoms with Gasteiger partial charge in [-0.3, -0.25) is 0 Å². The number of nitrogens with one attached hydrogen (secondary N) is 1. The first-order valence-corrected chi connectivity index (χ1v) is 5.56. The maximum Gasteiger partial charge on any atom is 0.159 e. The number of halogens is 2. The van der Waals surface area contributed by atoms with Crippen molar-refractivity contribution < 1.29 is 18.6 Å². The summed E-state index contributed by atoms with van der Waals surface area (Å²) in [7, 11) is 0. The summed E-state index contributed by atoms with van der Waals surface area (Å²) in [4.78, 5) is 0. The molecule has 0 amide bonds. The molecule has 1 unspecified atom stereocenters. The van der Waals surface area contributed by atoms with E-state index in [1.165, 1.54) is 6.07 Å². The molecule has 17 heavy (non-hydrogen) atoms. The zero-order valence-corrected chi connectivity index (χ0v) is 9.75. The Kier molecular flexibility index (Phi) is 6.04. The average molecular weight is 245 g/mol. The number of hydrogen-bond acceptors (Lipinski definition) is 3. The van der Waals surface area contributed by atoms with Crippen molar-refractivity contribution in [2.45, 2.75) is 13.0 Å². The molecule has 0 spiro atoms.